The van der Waals surface area contributed by atoms with Gasteiger partial charge in [-0.25, -0.2) is 0 Å². The predicted octanol–water partition coefficient (Wildman–Crippen LogP) is 4.97. The number of hydrogen-bond donors (Lipinski definition) is 0. The number of rotatable bonds is 3. The topological polar surface area (TPSA) is 18.5 Å². The van der Waals surface area contributed by atoms with Gasteiger partial charge in [-0.15, -0.1) is 13.2 Å². The number of alkyl halides is 3. The van der Waals surface area contributed by atoms with E-state index in [-0.39, 0.29) is 10.8 Å². The zero-order valence-electron chi connectivity index (χ0n) is 11.8. The minimum atomic E-state index is -4.66. The SMILES string of the molecule is CC(C)(C)[Si](C)(C)Oc1ccc(OC(F)(F)F)cc1. The number of hydrogen-bond acceptors (Lipinski definition) is 2. The Labute approximate surface area is 112 Å². The third kappa shape index (κ3) is 4.78. The molecule has 0 heterocycles. The molecule has 0 saturated carbocycles. The quantitative estimate of drug-likeness (QED) is 0.732. The van der Waals surface area contributed by atoms with Crippen LogP contribution in [-0.4, -0.2) is 14.7 Å². The molecule has 0 aliphatic carbocycles. The first-order valence-corrected chi connectivity index (χ1v) is 8.86. The molecule has 1 rings (SSSR count). The van der Waals surface area contributed by atoms with Crippen molar-refractivity contribution in [3.63, 3.8) is 0 Å². The molecule has 0 aliphatic heterocycles. The molecule has 0 N–H and O–H groups in total. The van der Waals surface area contributed by atoms with E-state index in [1.165, 1.54) is 24.3 Å². The lowest BCUT2D eigenvalue weighted by atomic mass is 10.2. The Morgan fingerprint density at radius 3 is 1.68 bits per heavy atom. The van der Waals surface area contributed by atoms with Crippen LogP contribution in [0.15, 0.2) is 24.3 Å². The molecule has 0 bridgehead atoms. The molecule has 0 aliphatic rings. The molecule has 6 heteroatoms. The molecule has 0 amide bonds. The highest BCUT2D eigenvalue weighted by Crippen LogP contribution is 2.37. The highest BCUT2D eigenvalue weighted by Gasteiger charge is 2.39. The summed E-state index contributed by atoms with van der Waals surface area (Å²) in [5.41, 5.74) is 0. The number of benzene rings is 1. The first-order chi connectivity index (χ1) is 8.41. The van der Waals surface area contributed by atoms with Crippen LogP contribution in [0, 0.1) is 0 Å². The molecule has 19 heavy (non-hydrogen) atoms. The molecular formula is C13H19F3O2Si. The van der Waals surface area contributed by atoms with Gasteiger partial charge in [-0.3, -0.25) is 0 Å². The molecular weight excluding hydrogens is 273 g/mol. The molecule has 0 radical (unpaired) electrons. The largest absolute Gasteiger partial charge is 0.573 e. The first kappa shape index (κ1) is 15.9. The molecule has 0 unspecified atom stereocenters. The second-order valence-electron chi connectivity index (χ2n) is 5.88. The van der Waals surface area contributed by atoms with Gasteiger partial charge >= 0.3 is 6.36 Å². The summed E-state index contributed by atoms with van der Waals surface area (Å²) < 4.78 is 45.8. The summed E-state index contributed by atoms with van der Waals surface area (Å²) in [5, 5.41) is 0.0359. The zero-order valence-corrected chi connectivity index (χ0v) is 12.8. The van der Waals surface area contributed by atoms with Gasteiger partial charge in [-0.05, 0) is 42.4 Å². The summed E-state index contributed by atoms with van der Waals surface area (Å²) in [6.45, 7) is 10.4. The third-order valence-corrected chi connectivity index (χ3v) is 7.59. The van der Waals surface area contributed by atoms with Gasteiger partial charge in [0.15, 0.2) is 0 Å². The van der Waals surface area contributed by atoms with Crippen molar-refractivity contribution in [2.24, 2.45) is 0 Å². The van der Waals surface area contributed by atoms with Gasteiger partial charge in [0.05, 0.1) is 0 Å². The Morgan fingerprint density at radius 2 is 1.32 bits per heavy atom. The van der Waals surface area contributed by atoms with Gasteiger partial charge in [-0.2, -0.15) is 0 Å². The summed E-state index contributed by atoms with van der Waals surface area (Å²) in [6.07, 6.45) is -4.66. The average molecular weight is 292 g/mol. The van der Waals surface area contributed by atoms with Crippen molar-refractivity contribution in [1.82, 2.24) is 0 Å². The van der Waals surface area contributed by atoms with Gasteiger partial charge in [0.25, 0.3) is 0 Å². The fourth-order valence-corrected chi connectivity index (χ4v) is 2.19. The second kappa shape index (κ2) is 5.07. The van der Waals surface area contributed by atoms with Crippen LogP contribution < -0.4 is 9.16 Å². The van der Waals surface area contributed by atoms with Crippen molar-refractivity contribution in [2.45, 2.75) is 45.3 Å². The maximum absolute atomic E-state index is 12.0. The standard InChI is InChI=1S/C13H19F3O2Si/c1-12(2,3)19(4,5)18-11-8-6-10(7-9-11)17-13(14,15)16/h6-9H,1-5H3. The Hall–Kier alpha value is -1.17. The minimum absolute atomic E-state index is 0.0359. The summed E-state index contributed by atoms with van der Waals surface area (Å²) in [4.78, 5) is 0. The normalized spacial score (nSPS) is 13.3. The van der Waals surface area contributed by atoms with E-state index in [9.17, 15) is 13.2 Å². The predicted molar refractivity (Wildman–Crippen MR) is 71.0 cm³/mol. The lowest BCUT2D eigenvalue weighted by Crippen LogP contribution is -2.43. The van der Waals surface area contributed by atoms with Crippen molar-refractivity contribution in [3.05, 3.63) is 24.3 Å². The molecule has 108 valence electrons. The highest BCUT2D eigenvalue weighted by atomic mass is 28.4. The van der Waals surface area contributed by atoms with Crippen LogP contribution in [0.1, 0.15) is 20.8 Å². The summed E-state index contributed by atoms with van der Waals surface area (Å²) in [6, 6.07) is 5.52. The first-order valence-electron chi connectivity index (χ1n) is 5.95. The van der Waals surface area contributed by atoms with E-state index >= 15 is 0 Å². The Bertz CT molecular complexity index is 419. The van der Waals surface area contributed by atoms with Gasteiger partial charge in [0, 0.05) is 0 Å². The molecule has 0 saturated heterocycles. The van der Waals surface area contributed by atoms with Gasteiger partial charge in [0.1, 0.15) is 11.5 Å². The van der Waals surface area contributed by atoms with Gasteiger partial charge in [0.2, 0.25) is 8.32 Å². The van der Waals surface area contributed by atoms with Crippen LogP contribution >= 0.6 is 0 Å². The monoisotopic (exact) mass is 292 g/mol. The van der Waals surface area contributed by atoms with Crippen LogP contribution in [0.4, 0.5) is 13.2 Å². The van der Waals surface area contributed by atoms with Crippen molar-refractivity contribution >= 4 is 8.32 Å². The van der Waals surface area contributed by atoms with Crippen molar-refractivity contribution in [1.29, 1.82) is 0 Å². The van der Waals surface area contributed by atoms with Crippen LogP contribution in [0.2, 0.25) is 18.1 Å². The van der Waals surface area contributed by atoms with E-state index in [0.29, 0.717) is 5.75 Å². The second-order valence-corrected chi connectivity index (χ2v) is 10.6. The van der Waals surface area contributed by atoms with E-state index < -0.39 is 14.7 Å². The lowest BCUT2D eigenvalue weighted by Gasteiger charge is -2.36. The molecule has 0 aromatic heterocycles. The minimum Gasteiger partial charge on any atom is -0.543 e. The molecule has 1 aromatic carbocycles. The fourth-order valence-electron chi connectivity index (χ4n) is 1.16. The Balaban J connectivity index is 2.78. The van der Waals surface area contributed by atoms with E-state index in [2.05, 4.69) is 38.6 Å². The molecule has 1 aromatic rings. The lowest BCUT2D eigenvalue weighted by molar-refractivity contribution is -0.274. The van der Waals surface area contributed by atoms with Gasteiger partial charge in [-0.1, -0.05) is 20.8 Å². The number of ether oxygens (including phenoxy) is 1. The van der Waals surface area contributed by atoms with Gasteiger partial charge < -0.3 is 9.16 Å². The Morgan fingerprint density at radius 1 is 0.895 bits per heavy atom. The van der Waals surface area contributed by atoms with Crippen molar-refractivity contribution < 1.29 is 22.3 Å². The van der Waals surface area contributed by atoms with Crippen LogP contribution in [0.3, 0.4) is 0 Å². The van der Waals surface area contributed by atoms with E-state index in [1.54, 1.807) is 0 Å². The van der Waals surface area contributed by atoms with E-state index in [1.807, 2.05) is 0 Å². The van der Waals surface area contributed by atoms with Crippen LogP contribution in [0.5, 0.6) is 11.5 Å². The maximum atomic E-state index is 12.0. The van der Waals surface area contributed by atoms with Crippen molar-refractivity contribution in [2.75, 3.05) is 0 Å². The average Bonchev–Trinajstić information content (AvgIpc) is 2.16. The molecule has 0 fully saturated rings. The van der Waals surface area contributed by atoms with E-state index in [4.69, 9.17) is 4.43 Å². The molecule has 0 atom stereocenters. The van der Waals surface area contributed by atoms with Crippen LogP contribution in [-0.2, 0) is 0 Å². The summed E-state index contributed by atoms with van der Waals surface area (Å²) >= 11 is 0. The summed E-state index contributed by atoms with van der Waals surface area (Å²) in [5.74, 6) is 0.330. The molecule has 0 spiro atoms. The van der Waals surface area contributed by atoms with E-state index in [0.717, 1.165) is 0 Å². The number of halogens is 3. The van der Waals surface area contributed by atoms with Crippen LogP contribution in [0.25, 0.3) is 0 Å². The smallest absolute Gasteiger partial charge is 0.543 e. The van der Waals surface area contributed by atoms with Crippen molar-refractivity contribution in [3.8, 4) is 11.5 Å². The maximum Gasteiger partial charge on any atom is 0.573 e. The third-order valence-electron chi connectivity index (χ3n) is 3.24. The highest BCUT2D eigenvalue weighted by molar-refractivity contribution is 6.74. The zero-order chi connectivity index (χ0) is 14.9. The summed E-state index contributed by atoms with van der Waals surface area (Å²) in [7, 11) is -1.97. The fraction of sp³-hybridized carbons (Fsp3) is 0.538. The Kier molecular flexibility index (Phi) is 4.24. The molecule has 2 nitrogen and oxygen atoms in total.